The van der Waals surface area contributed by atoms with Gasteiger partial charge in [0.05, 0.1) is 0 Å². The van der Waals surface area contributed by atoms with Gasteiger partial charge in [0.25, 0.3) is 0 Å². The van der Waals surface area contributed by atoms with Crippen LogP contribution in [-0.4, -0.2) is 0 Å². The first-order valence-corrected chi connectivity index (χ1v) is 14.3. The van der Waals surface area contributed by atoms with Crippen LogP contribution in [0.5, 0.6) is 0 Å². The number of fused-ring (bicyclic) bond motifs is 1. The highest BCUT2D eigenvalue weighted by Gasteiger charge is 2.31. The molecule has 4 heterocycles. The highest BCUT2D eigenvalue weighted by Crippen LogP contribution is 2.56. The van der Waals surface area contributed by atoms with E-state index in [2.05, 4.69) is 126 Å². The molecule has 2 aromatic rings. The van der Waals surface area contributed by atoms with Gasteiger partial charge in [-0.2, -0.15) is 0 Å². The van der Waals surface area contributed by atoms with Gasteiger partial charge in [-0.25, -0.2) is 0 Å². The molecule has 2 atom stereocenters. The Labute approximate surface area is 199 Å². The number of hydrogen-bond donors (Lipinski definition) is 0. The molecular formula is C26H34S4. The topological polar surface area (TPSA) is 0 Å². The summed E-state index contributed by atoms with van der Waals surface area (Å²) in [5, 5.41) is 1.20. The number of allylic oxidation sites excluding steroid dienone is 5. The zero-order valence-electron chi connectivity index (χ0n) is 19.5. The smallest absolute Gasteiger partial charge is 0.0489 e. The van der Waals surface area contributed by atoms with Gasteiger partial charge in [-0.3, -0.25) is 0 Å². The van der Waals surface area contributed by atoms with E-state index in [1.807, 2.05) is 0 Å². The molecule has 162 valence electrons. The molecule has 2 aliphatic rings. The number of hydrogen-bond acceptors (Lipinski definition) is 4. The molecule has 0 aromatic carbocycles. The molecule has 0 saturated heterocycles. The van der Waals surface area contributed by atoms with Crippen molar-refractivity contribution in [2.75, 3.05) is 0 Å². The fourth-order valence-corrected chi connectivity index (χ4v) is 9.84. The molecule has 30 heavy (non-hydrogen) atoms. The third kappa shape index (κ3) is 4.53. The van der Waals surface area contributed by atoms with Crippen molar-refractivity contribution in [3.05, 3.63) is 55.0 Å². The number of aryl methyl sites for hydroxylation is 2. The Balaban J connectivity index is 1.54. The first kappa shape index (κ1) is 22.8. The minimum absolute atomic E-state index is 0.244. The minimum Gasteiger partial charge on any atom is -0.138 e. The zero-order chi connectivity index (χ0) is 21.8. The van der Waals surface area contributed by atoms with E-state index in [1.165, 1.54) is 16.9 Å². The maximum atomic E-state index is 2.48. The highest BCUT2D eigenvalue weighted by molar-refractivity contribution is 8.04. The summed E-state index contributed by atoms with van der Waals surface area (Å²) in [7, 11) is 0. The fourth-order valence-electron chi connectivity index (χ4n) is 3.99. The Morgan fingerprint density at radius 3 is 1.83 bits per heavy atom. The van der Waals surface area contributed by atoms with Crippen LogP contribution in [0.3, 0.4) is 0 Å². The number of thiophene rings is 2. The summed E-state index contributed by atoms with van der Waals surface area (Å²) in [6, 6.07) is 0. The summed E-state index contributed by atoms with van der Waals surface area (Å²) >= 11 is 8.29. The van der Waals surface area contributed by atoms with E-state index < -0.39 is 0 Å². The second-order valence-corrected chi connectivity index (χ2v) is 15.3. The lowest BCUT2D eigenvalue weighted by Crippen LogP contribution is -2.04. The van der Waals surface area contributed by atoms with Crippen molar-refractivity contribution in [3.8, 4) is 0 Å². The summed E-state index contributed by atoms with van der Waals surface area (Å²) in [4.78, 5) is 6.20. The van der Waals surface area contributed by atoms with Crippen LogP contribution in [0.15, 0.2) is 34.1 Å². The van der Waals surface area contributed by atoms with Crippen molar-refractivity contribution >= 4 is 55.6 Å². The molecule has 2 aromatic heterocycles. The number of rotatable bonds is 3. The predicted molar refractivity (Wildman–Crippen MR) is 143 cm³/mol. The Hall–Kier alpha value is -0.420. The van der Waals surface area contributed by atoms with Gasteiger partial charge in [-0.1, -0.05) is 65.8 Å². The molecule has 0 fully saturated rings. The molecule has 0 radical (unpaired) electrons. The van der Waals surface area contributed by atoms with Crippen molar-refractivity contribution < 1.29 is 0 Å². The van der Waals surface area contributed by atoms with Gasteiger partial charge >= 0.3 is 0 Å². The van der Waals surface area contributed by atoms with E-state index in [-0.39, 0.29) is 10.8 Å². The Morgan fingerprint density at radius 2 is 1.33 bits per heavy atom. The normalized spacial score (nSPS) is 23.1. The van der Waals surface area contributed by atoms with Crippen LogP contribution in [0.4, 0.5) is 0 Å². The molecule has 0 saturated carbocycles. The number of thioether (sulfide) groups is 2. The van der Waals surface area contributed by atoms with Crippen LogP contribution in [0, 0.1) is 24.7 Å². The molecule has 0 nitrogen and oxygen atoms in total. The van der Waals surface area contributed by atoms with E-state index in [9.17, 15) is 0 Å². The van der Waals surface area contributed by atoms with Crippen LogP contribution in [0.25, 0.3) is 9.40 Å². The van der Waals surface area contributed by atoms with Gasteiger partial charge in [-0.05, 0) is 53.6 Å². The van der Waals surface area contributed by atoms with Crippen LogP contribution >= 0.6 is 46.2 Å². The summed E-state index contributed by atoms with van der Waals surface area (Å²) in [6.45, 7) is 18.5. The van der Waals surface area contributed by atoms with E-state index >= 15 is 0 Å². The molecule has 0 amide bonds. The van der Waals surface area contributed by atoms with Crippen LogP contribution in [0.1, 0.15) is 85.8 Å². The van der Waals surface area contributed by atoms with Gasteiger partial charge in [0.1, 0.15) is 0 Å². The average molecular weight is 475 g/mol. The molecular weight excluding hydrogens is 441 g/mol. The van der Waals surface area contributed by atoms with Crippen molar-refractivity contribution in [2.45, 2.75) is 78.7 Å². The van der Waals surface area contributed by atoms with Gasteiger partial charge in [-0.15, -0.1) is 46.2 Å². The van der Waals surface area contributed by atoms with Crippen LogP contribution < -0.4 is 0 Å². The second kappa shape index (κ2) is 8.17. The van der Waals surface area contributed by atoms with Crippen molar-refractivity contribution in [2.24, 2.45) is 10.8 Å². The molecule has 0 aliphatic carbocycles. The van der Waals surface area contributed by atoms with E-state index in [0.29, 0.717) is 10.5 Å². The maximum absolute atomic E-state index is 2.48. The van der Waals surface area contributed by atoms with E-state index in [0.717, 1.165) is 6.42 Å². The Kier molecular flexibility index (Phi) is 6.20. The van der Waals surface area contributed by atoms with Gasteiger partial charge in [0.15, 0.2) is 0 Å². The summed E-state index contributed by atoms with van der Waals surface area (Å²) in [5.41, 5.74) is 3.60. The summed E-state index contributed by atoms with van der Waals surface area (Å²) < 4.78 is 3.10. The molecule has 0 spiro atoms. The van der Waals surface area contributed by atoms with Crippen molar-refractivity contribution in [3.63, 3.8) is 0 Å². The van der Waals surface area contributed by atoms with Gasteiger partial charge in [0, 0.05) is 34.6 Å². The van der Waals surface area contributed by atoms with Crippen molar-refractivity contribution in [1.82, 2.24) is 0 Å². The predicted octanol–water partition coefficient (Wildman–Crippen LogP) is 10.4. The lowest BCUT2D eigenvalue weighted by Gasteiger charge is -2.21. The largest absolute Gasteiger partial charge is 0.138 e. The maximum Gasteiger partial charge on any atom is 0.0489 e. The molecule has 4 heteroatoms. The Morgan fingerprint density at radius 1 is 0.800 bits per heavy atom. The quantitative estimate of drug-likeness (QED) is 0.434. The van der Waals surface area contributed by atoms with Gasteiger partial charge < -0.3 is 0 Å². The van der Waals surface area contributed by atoms with E-state index in [1.54, 1.807) is 29.6 Å². The first-order chi connectivity index (χ1) is 13.9. The third-order valence-electron chi connectivity index (χ3n) is 5.72. The van der Waals surface area contributed by atoms with Gasteiger partial charge in [0.2, 0.25) is 0 Å². The molecule has 0 bridgehead atoms. The summed E-state index contributed by atoms with van der Waals surface area (Å²) in [6.07, 6.45) is 11.9. The zero-order valence-corrected chi connectivity index (χ0v) is 22.8. The lowest BCUT2D eigenvalue weighted by atomic mass is 9.95. The lowest BCUT2D eigenvalue weighted by molar-refractivity contribution is 0.533. The van der Waals surface area contributed by atoms with Crippen LogP contribution in [-0.2, 0) is 0 Å². The molecule has 0 N–H and O–H groups in total. The second-order valence-electron chi connectivity index (χ2n) is 10.6. The first-order valence-electron chi connectivity index (χ1n) is 10.9. The fraction of sp³-hybridized carbons (Fsp3) is 0.538. The van der Waals surface area contributed by atoms with E-state index in [4.69, 9.17) is 0 Å². The molecule has 2 aliphatic heterocycles. The van der Waals surface area contributed by atoms with Crippen LogP contribution in [0.2, 0.25) is 0 Å². The highest BCUT2D eigenvalue weighted by atomic mass is 32.2. The Bertz CT molecular complexity index is 1040. The molecule has 2 unspecified atom stereocenters. The standard InChI is InChI=1S/C26H34S4/c1-15-21(18-10-9-17(27-18)13-14-25(3,4)5)29-24-16(2)22(30-23(15)24)19-11-12-20(28-19)26(6,7)8/h9,12-14,18-19H,10-11H2,1-8H3/b14-13+. The average Bonchev–Trinajstić information content (AvgIpc) is 3.38. The third-order valence-corrected chi connectivity index (χ3v) is 12.2. The molecule has 4 rings (SSSR count). The summed E-state index contributed by atoms with van der Waals surface area (Å²) in [5.74, 6) is 0. The SMILES string of the molecule is Cc1c(C2CC=C(/C=C/C(C)(C)C)S2)sc2c(C)c(C3CC=C(C(C)(C)C)S3)sc12. The minimum atomic E-state index is 0.244. The van der Waals surface area contributed by atoms with Crippen molar-refractivity contribution in [1.29, 1.82) is 0 Å². The monoisotopic (exact) mass is 474 g/mol.